The Kier molecular flexibility index (Phi) is 10.7. The van der Waals surface area contributed by atoms with Crippen LogP contribution in [0, 0.1) is 38.3 Å². The molecular formula is C45H46N4OPt. The topological polar surface area (TPSA) is 44.9 Å². The Bertz CT molecular complexity index is 2310. The van der Waals surface area contributed by atoms with Gasteiger partial charge >= 0.3 is 21.1 Å². The van der Waals surface area contributed by atoms with Gasteiger partial charge in [0.25, 0.3) is 0 Å². The number of benzene rings is 4. The van der Waals surface area contributed by atoms with Gasteiger partial charge in [0.2, 0.25) is 0 Å². The molecular weight excluding hydrogens is 808 g/mol. The third-order valence-corrected chi connectivity index (χ3v) is 9.34. The summed E-state index contributed by atoms with van der Waals surface area (Å²) in [6, 6.07) is 37.2. The molecule has 6 heteroatoms. The van der Waals surface area contributed by atoms with E-state index >= 15 is 0 Å². The summed E-state index contributed by atoms with van der Waals surface area (Å²) in [5, 5.41) is 7.34. The molecule has 262 valence electrons. The monoisotopic (exact) mass is 853 g/mol. The van der Waals surface area contributed by atoms with Crippen molar-refractivity contribution in [3.8, 4) is 34.1 Å². The van der Waals surface area contributed by atoms with Gasteiger partial charge in [0.05, 0.1) is 5.69 Å². The number of rotatable bonds is 10. The molecule has 0 aliphatic heterocycles. The van der Waals surface area contributed by atoms with Gasteiger partial charge in [-0.1, -0.05) is 88.5 Å². The van der Waals surface area contributed by atoms with Crippen molar-refractivity contribution in [1.29, 1.82) is 0 Å². The number of ether oxygens (including phenoxy) is 1. The molecule has 0 bridgehead atoms. The molecule has 5 nitrogen and oxygen atoms in total. The third-order valence-electron chi connectivity index (χ3n) is 9.34. The molecule has 0 saturated heterocycles. The van der Waals surface area contributed by atoms with Crippen molar-refractivity contribution in [3.05, 3.63) is 131 Å². The number of hydrogen-bond donors (Lipinski definition) is 0. The van der Waals surface area contributed by atoms with Crippen LogP contribution in [-0.2, 0) is 33.9 Å². The van der Waals surface area contributed by atoms with Crippen molar-refractivity contribution in [2.75, 3.05) is 0 Å². The Morgan fingerprint density at radius 2 is 1.59 bits per heavy atom. The van der Waals surface area contributed by atoms with Crippen molar-refractivity contribution < 1.29 is 25.8 Å². The van der Waals surface area contributed by atoms with Crippen LogP contribution in [0.25, 0.3) is 44.4 Å². The second-order valence-corrected chi connectivity index (χ2v) is 14.8. The molecule has 0 unspecified atom stereocenters. The van der Waals surface area contributed by atoms with E-state index in [2.05, 4.69) is 132 Å². The molecule has 0 saturated carbocycles. The second-order valence-electron chi connectivity index (χ2n) is 14.8. The van der Waals surface area contributed by atoms with Gasteiger partial charge in [0.15, 0.2) is 0 Å². The fraction of sp³-hybridized carbons (Fsp3) is 0.289. The maximum absolute atomic E-state index is 6.68. The summed E-state index contributed by atoms with van der Waals surface area (Å²) in [6.45, 7) is 15.3. The maximum atomic E-state index is 6.68. The minimum absolute atomic E-state index is 0. The number of aromatic nitrogens is 4. The van der Waals surface area contributed by atoms with Gasteiger partial charge in [0, 0.05) is 34.5 Å². The summed E-state index contributed by atoms with van der Waals surface area (Å²) in [5.74, 6) is 2.14. The first-order valence-corrected chi connectivity index (χ1v) is 17.9. The zero-order valence-corrected chi connectivity index (χ0v) is 33.0. The van der Waals surface area contributed by atoms with E-state index in [4.69, 9.17) is 14.8 Å². The standard InChI is InChI=1S/C45H46N4O.Pt/c1-8-9-11-14-33-17-20-41-40(26-33)39-19-18-37(28-42(39)48(41)43-23-30(2)21-22-46-43)50-38-25-34(29-45(5,6)7)24-36(27-38)49-32(4)44(31(3)47-49)35-15-12-10-13-16-35;/h10,12-13,15-26H,8-9,11,14,29H2,1-7H3;/q-2;+2. The Hall–Kier alpha value is -4.47. The largest absolute Gasteiger partial charge is 2.00 e. The van der Waals surface area contributed by atoms with E-state index in [9.17, 15) is 0 Å². The number of unbranched alkanes of at least 4 members (excludes halogenated alkanes) is 2. The molecule has 0 radical (unpaired) electrons. The number of fused-ring (bicyclic) bond motifs is 3. The van der Waals surface area contributed by atoms with E-state index < -0.39 is 0 Å². The van der Waals surface area contributed by atoms with E-state index in [1.807, 2.05) is 29.1 Å². The van der Waals surface area contributed by atoms with Crippen LogP contribution in [0.1, 0.15) is 75.0 Å². The Morgan fingerprint density at radius 3 is 2.33 bits per heavy atom. The van der Waals surface area contributed by atoms with Crippen molar-refractivity contribution in [2.24, 2.45) is 5.41 Å². The van der Waals surface area contributed by atoms with Crippen LogP contribution in [0.3, 0.4) is 0 Å². The molecule has 7 aromatic rings. The summed E-state index contributed by atoms with van der Waals surface area (Å²) in [4.78, 5) is 4.80. The molecule has 51 heavy (non-hydrogen) atoms. The van der Waals surface area contributed by atoms with Gasteiger partial charge in [-0.3, -0.25) is 4.68 Å². The number of nitrogens with zero attached hydrogens (tertiary/aromatic N) is 4. The van der Waals surface area contributed by atoms with Crippen LogP contribution in [0.4, 0.5) is 0 Å². The Balaban J connectivity index is 0.00000448. The predicted octanol–water partition coefficient (Wildman–Crippen LogP) is 11.7. The van der Waals surface area contributed by atoms with Crippen LogP contribution in [-0.4, -0.2) is 19.3 Å². The van der Waals surface area contributed by atoms with Crippen LogP contribution in [0.5, 0.6) is 11.5 Å². The minimum Gasteiger partial charge on any atom is -0.509 e. The van der Waals surface area contributed by atoms with Crippen LogP contribution in [0.15, 0.2) is 91.1 Å². The maximum Gasteiger partial charge on any atom is 2.00 e. The Morgan fingerprint density at radius 1 is 0.784 bits per heavy atom. The van der Waals surface area contributed by atoms with Crippen molar-refractivity contribution in [3.63, 3.8) is 0 Å². The molecule has 0 aliphatic rings. The average molecular weight is 854 g/mol. The third kappa shape index (κ3) is 7.75. The van der Waals surface area contributed by atoms with Gasteiger partial charge in [-0.25, -0.2) is 4.98 Å². The van der Waals surface area contributed by atoms with Gasteiger partial charge in [-0.2, -0.15) is 16.7 Å². The molecule has 0 atom stereocenters. The predicted molar refractivity (Wildman–Crippen MR) is 206 cm³/mol. The number of hydrogen-bond acceptors (Lipinski definition) is 3. The first kappa shape index (κ1) is 36.3. The van der Waals surface area contributed by atoms with E-state index in [0.717, 1.165) is 68.8 Å². The molecule has 4 aromatic carbocycles. The van der Waals surface area contributed by atoms with Crippen LogP contribution in [0.2, 0.25) is 0 Å². The van der Waals surface area contributed by atoms with E-state index in [1.54, 1.807) is 0 Å². The fourth-order valence-electron chi connectivity index (χ4n) is 7.13. The fourth-order valence-corrected chi connectivity index (χ4v) is 7.13. The number of pyridine rings is 1. The quantitative estimate of drug-likeness (QED) is 0.102. The smallest absolute Gasteiger partial charge is 0.509 e. The zero-order chi connectivity index (χ0) is 35.0. The van der Waals surface area contributed by atoms with Crippen LogP contribution >= 0.6 is 0 Å². The SMILES string of the molecule is CCCCCc1ccc2c(c1)c1ccc(Oc3[c-]c(-n4nc(C)c(-c5ccccc5)c4C)cc(CC(C)(C)C)c3)[c-]c1n2-c1cc(C)ccn1.[Pt+2]. The summed E-state index contributed by atoms with van der Waals surface area (Å²) in [6.07, 6.45) is 7.49. The molecule has 7 rings (SSSR count). The van der Waals surface area contributed by atoms with E-state index in [0.29, 0.717) is 11.5 Å². The second kappa shape index (κ2) is 15.0. The minimum atomic E-state index is 0. The molecule has 3 heterocycles. The van der Waals surface area contributed by atoms with Gasteiger partial charge in [-0.15, -0.1) is 35.7 Å². The van der Waals surface area contributed by atoms with E-state index in [-0.39, 0.29) is 26.5 Å². The molecule has 0 fully saturated rings. The molecule has 0 aliphatic carbocycles. The summed E-state index contributed by atoms with van der Waals surface area (Å²) >= 11 is 0. The van der Waals surface area contributed by atoms with Crippen LogP contribution < -0.4 is 4.74 Å². The first-order chi connectivity index (χ1) is 24.1. The van der Waals surface area contributed by atoms with E-state index in [1.165, 1.54) is 35.8 Å². The summed E-state index contributed by atoms with van der Waals surface area (Å²) < 4.78 is 10.9. The van der Waals surface area contributed by atoms with Gasteiger partial charge < -0.3 is 9.30 Å². The van der Waals surface area contributed by atoms with Gasteiger partial charge in [-0.05, 0) is 91.4 Å². The molecule has 3 aromatic heterocycles. The van der Waals surface area contributed by atoms with Gasteiger partial charge in [0.1, 0.15) is 5.82 Å². The molecule has 0 amide bonds. The Labute approximate surface area is 317 Å². The first-order valence-electron chi connectivity index (χ1n) is 17.9. The summed E-state index contributed by atoms with van der Waals surface area (Å²) in [7, 11) is 0. The summed E-state index contributed by atoms with van der Waals surface area (Å²) in [5.41, 5.74) is 11.1. The average Bonchev–Trinajstić information content (AvgIpc) is 3.56. The molecule has 0 N–H and O–H groups in total. The van der Waals surface area contributed by atoms with Crippen molar-refractivity contribution in [2.45, 2.75) is 80.6 Å². The molecule has 0 spiro atoms. The zero-order valence-electron chi connectivity index (χ0n) is 30.7. The number of aryl methyl sites for hydroxylation is 3. The van der Waals surface area contributed by atoms with Crippen molar-refractivity contribution >= 4 is 21.8 Å². The normalized spacial score (nSPS) is 11.7. The van der Waals surface area contributed by atoms with Crippen molar-refractivity contribution in [1.82, 2.24) is 19.3 Å².